The van der Waals surface area contributed by atoms with Gasteiger partial charge in [0.25, 0.3) is 0 Å². The first-order chi connectivity index (χ1) is 28.2. The number of hydrogen-bond acceptors (Lipinski definition) is 2. The molecule has 3 aliphatic carbocycles. The van der Waals surface area contributed by atoms with Crippen LogP contribution in [0.4, 0.5) is 0 Å². The molecule has 0 amide bonds. The third-order valence-electron chi connectivity index (χ3n) is 13.2. The van der Waals surface area contributed by atoms with Gasteiger partial charge >= 0.3 is 0 Å². The minimum Gasteiger partial charge on any atom is -0.366 e. The summed E-state index contributed by atoms with van der Waals surface area (Å²) in [6.07, 6.45) is 9.56. The van der Waals surface area contributed by atoms with Crippen LogP contribution in [0.3, 0.4) is 0 Å². The van der Waals surface area contributed by atoms with Gasteiger partial charge in [-0.05, 0) is 132 Å². The van der Waals surface area contributed by atoms with E-state index in [9.17, 15) is 0 Å². The Morgan fingerprint density at radius 2 is 1.29 bits per heavy atom. The van der Waals surface area contributed by atoms with Crippen molar-refractivity contribution in [3.8, 4) is 44.5 Å². The summed E-state index contributed by atoms with van der Waals surface area (Å²) in [5.41, 5.74) is 30.1. The Morgan fingerprint density at radius 3 is 2.17 bits per heavy atom. The van der Waals surface area contributed by atoms with Gasteiger partial charge < -0.3 is 11.1 Å². The second kappa shape index (κ2) is 14.0. The number of rotatable bonds is 8. The highest BCUT2D eigenvalue weighted by atomic mass is 15.0. The number of nitrogens with one attached hydrogen (secondary N) is 1. The summed E-state index contributed by atoms with van der Waals surface area (Å²) in [6.45, 7) is 9.47. The van der Waals surface area contributed by atoms with Crippen LogP contribution in [-0.2, 0) is 23.7 Å². The molecule has 0 saturated heterocycles. The van der Waals surface area contributed by atoms with E-state index < -0.39 is 0 Å². The maximum absolute atomic E-state index is 6.90. The molecule has 1 atom stereocenters. The molecule has 1 unspecified atom stereocenters. The number of allylic oxidation sites excluding steroid dienone is 2. The van der Waals surface area contributed by atoms with E-state index in [1.807, 2.05) is 18.2 Å². The van der Waals surface area contributed by atoms with Crippen LogP contribution in [0.5, 0.6) is 0 Å². The van der Waals surface area contributed by atoms with Crippen LogP contribution in [-0.4, -0.2) is 0 Å². The van der Waals surface area contributed by atoms with Crippen molar-refractivity contribution in [3.05, 3.63) is 214 Å². The van der Waals surface area contributed by atoms with Gasteiger partial charge in [0.15, 0.2) is 0 Å². The fraction of sp³-hybridized carbons (Fsp3) is 0.179. The van der Waals surface area contributed by atoms with E-state index in [-0.39, 0.29) is 17.0 Å². The Labute approximate surface area is 343 Å². The number of benzene rings is 7. The SMILES string of the molecule is CC1(C)c2ccccc2-c2ccc(-c3cccc(C/C=C(\NC(N)c4ccccc4)c4cccc(-c5cccc6c5-c5cc7c(cc5C6(C)C)CCC=C7)c4)c3)cc21. The van der Waals surface area contributed by atoms with E-state index in [0.29, 0.717) is 0 Å². The van der Waals surface area contributed by atoms with Gasteiger partial charge in [-0.1, -0.05) is 179 Å². The zero-order chi connectivity index (χ0) is 39.6. The van der Waals surface area contributed by atoms with Crippen LogP contribution in [0.25, 0.3) is 56.3 Å². The minimum absolute atomic E-state index is 0.0366. The molecule has 3 aliphatic rings. The maximum Gasteiger partial charge on any atom is 0.101 e. The summed E-state index contributed by atoms with van der Waals surface area (Å²) in [4.78, 5) is 0. The number of aryl methyl sites for hydroxylation is 1. The highest BCUT2D eigenvalue weighted by Gasteiger charge is 2.38. The molecule has 3 N–H and O–H groups in total. The first kappa shape index (κ1) is 36.1. The van der Waals surface area contributed by atoms with Crippen molar-refractivity contribution in [3.63, 3.8) is 0 Å². The fourth-order valence-corrected chi connectivity index (χ4v) is 9.96. The lowest BCUT2D eigenvalue weighted by Gasteiger charge is -2.23. The molecule has 2 nitrogen and oxygen atoms in total. The molecule has 0 saturated carbocycles. The third kappa shape index (κ3) is 6.06. The van der Waals surface area contributed by atoms with Crippen molar-refractivity contribution in [1.29, 1.82) is 0 Å². The topological polar surface area (TPSA) is 38.0 Å². The van der Waals surface area contributed by atoms with E-state index >= 15 is 0 Å². The van der Waals surface area contributed by atoms with Gasteiger partial charge in [-0.2, -0.15) is 0 Å². The van der Waals surface area contributed by atoms with Gasteiger partial charge in [0, 0.05) is 16.5 Å². The lowest BCUT2D eigenvalue weighted by atomic mass is 9.80. The van der Waals surface area contributed by atoms with Crippen molar-refractivity contribution in [2.24, 2.45) is 5.73 Å². The molecule has 58 heavy (non-hydrogen) atoms. The van der Waals surface area contributed by atoms with E-state index in [4.69, 9.17) is 5.73 Å². The Morgan fingerprint density at radius 1 is 0.603 bits per heavy atom. The summed E-state index contributed by atoms with van der Waals surface area (Å²) in [5.74, 6) is 0. The molecule has 2 heteroatoms. The molecule has 284 valence electrons. The molecular weight excluding hydrogens is 701 g/mol. The molecule has 0 aromatic heterocycles. The first-order valence-electron chi connectivity index (χ1n) is 20.9. The van der Waals surface area contributed by atoms with E-state index in [1.165, 1.54) is 83.5 Å². The largest absolute Gasteiger partial charge is 0.366 e. The van der Waals surface area contributed by atoms with Crippen LogP contribution in [0, 0.1) is 0 Å². The van der Waals surface area contributed by atoms with E-state index in [2.05, 4.69) is 185 Å². The first-order valence-corrected chi connectivity index (χ1v) is 20.9. The summed E-state index contributed by atoms with van der Waals surface area (Å²) in [7, 11) is 0. The Hall–Kier alpha value is -6.22. The zero-order valence-corrected chi connectivity index (χ0v) is 33.9. The van der Waals surface area contributed by atoms with Gasteiger partial charge in [0.05, 0.1) is 0 Å². The smallest absolute Gasteiger partial charge is 0.101 e. The number of hydrogen-bond donors (Lipinski definition) is 2. The summed E-state index contributed by atoms with van der Waals surface area (Å²) < 4.78 is 0. The number of nitrogens with two attached hydrogens (primary N) is 1. The fourth-order valence-electron chi connectivity index (χ4n) is 9.96. The molecule has 0 aliphatic heterocycles. The van der Waals surface area contributed by atoms with Crippen LogP contribution >= 0.6 is 0 Å². The molecule has 0 fully saturated rings. The summed E-state index contributed by atoms with van der Waals surface area (Å²) >= 11 is 0. The second-order valence-electron chi connectivity index (χ2n) is 17.5. The summed E-state index contributed by atoms with van der Waals surface area (Å²) in [5, 5.41) is 3.74. The Bertz CT molecular complexity index is 2800. The quantitative estimate of drug-likeness (QED) is 0.152. The molecule has 0 spiro atoms. The van der Waals surface area contributed by atoms with Crippen molar-refractivity contribution in [1.82, 2.24) is 5.32 Å². The van der Waals surface area contributed by atoms with Crippen LogP contribution < -0.4 is 11.1 Å². The predicted octanol–water partition coefficient (Wildman–Crippen LogP) is 13.4. The lowest BCUT2D eigenvalue weighted by Crippen LogP contribution is -2.27. The lowest BCUT2D eigenvalue weighted by molar-refractivity contribution is 0.659. The molecule has 0 bridgehead atoms. The van der Waals surface area contributed by atoms with E-state index in [1.54, 1.807) is 0 Å². The summed E-state index contributed by atoms with van der Waals surface area (Å²) in [6, 6.07) is 56.0. The van der Waals surface area contributed by atoms with Crippen molar-refractivity contribution in [2.45, 2.75) is 64.0 Å². The number of fused-ring (bicyclic) bond motifs is 7. The second-order valence-corrected chi connectivity index (χ2v) is 17.5. The highest BCUT2D eigenvalue weighted by Crippen LogP contribution is 2.53. The van der Waals surface area contributed by atoms with Gasteiger partial charge in [-0.15, -0.1) is 0 Å². The standard InChI is InChI=1S/C56H50N2/c1-55(2)48-25-11-10-23-45(48)46-29-28-41(35-50(46)55)38-20-12-15-36(31-38)27-30-52(58-54(57)37-16-6-5-7-17-37)43-22-13-21-42(32-43)44-24-14-26-49-53(44)47-33-39-18-8-9-19-40(39)34-51(47)56(49,3)4/h5-8,10-18,20-26,28-35,54,58H,9,19,27,57H2,1-4H3/b52-30-. The van der Waals surface area contributed by atoms with Gasteiger partial charge in [0.2, 0.25) is 0 Å². The molecule has 7 aromatic carbocycles. The maximum atomic E-state index is 6.90. The average Bonchev–Trinajstić information content (AvgIpc) is 3.63. The highest BCUT2D eigenvalue weighted by molar-refractivity contribution is 5.94. The zero-order valence-electron chi connectivity index (χ0n) is 33.9. The van der Waals surface area contributed by atoms with Crippen molar-refractivity contribution >= 4 is 11.8 Å². The minimum atomic E-state index is -0.366. The molecule has 0 heterocycles. The molecule has 7 aromatic rings. The van der Waals surface area contributed by atoms with Crippen molar-refractivity contribution in [2.75, 3.05) is 0 Å². The van der Waals surface area contributed by atoms with Gasteiger partial charge in [-0.25, -0.2) is 0 Å². The monoisotopic (exact) mass is 750 g/mol. The van der Waals surface area contributed by atoms with Gasteiger partial charge in [0.1, 0.15) is 6.17 Å². The normalized spacial score (nSPS) is 15.8. The van der Waals surface area contributed by atoms with E-state index in [0.717, 1.165) is 36.1 Å². The predicted molar refractivity (Wildman–Crippen MR) is 244 cm³/mol. The third-order valence-corrected chi connectivity index (χ3v) is 13.2. The van der Waals surface area contributed by atoms with Crippen LogP contribution in [0.2, 0.25) is 0 Å². The van der Waals surface area contributed by atoms with Crippen molar-refractivity contribution < 1.29 is 0 Å². The van der Waals surface area contributed by atoms with Gasteiger partial charge in [-0.3, -0.25) is 0 Å². The molecular formula is C56H50N2. The molecule has 10 rings (SSSR count). The van der Waals surface area contributed by atoms with Crippen LogP contribution in [0.1, 0.15) is 90.4 Å². The average molecular weight is 751 g/mol. The Balaban J connectivity index is 1.01. The molecule has 0 radical (unpaired) electrons. The van der Waals surface area contributed by atoms with Crippen LogP contribution in [0.15, 0.2) is 164 Å². The Kier molecular flexibility index (Phi) is 8.73.